The van der Waals surface area contributed by atoms with Gasteiger partial charge in [-0.1, -0.05) is 23.2 Å². The van der Waals surface area contributed by atoms with Crippen molar-refractivity contribution in [1.29, 1.82) is 0 Å². The molecule has 0 spiro atoms. The van der Waals surface area contributed by atoms with Gasteiger partial charge in [-0.2, -0.15) is 5.10 Å². The highest BCUT2D eigenvalue weighted by atomic mass is 35.5. The van der Waals surface area contributed by atoms with E-state index in [9.17, 15) is 5.11 Å². The number of aromatic nitrogens is 2. The van der Waals surface area contributed by atoms with E-state index in [4.69, 9.17) is 23.2 Å². The van der Waals surface area contributed by atoms with Crippen LogP contribution in [0.25, 0.3) is 0 Å². The van der Waals surface area contributed by atoms with E-state index in [1.165, 1.54) is 0 Å². The van der Waals surface area contributed by atoms with E-state index >= 15 is 0 Å². The van der Waals surface area contributed by atoms with Crippen molar-refractivity contribution in [1.82, 2.24) is 9.78 Å². The summed E-state index contributed by atoms with van der Waals surface area (Å²) in [6, 6.07) is 6.72. The average Bonchev–Trinajstić information content (AvgIpc) is 2.62. The molecule has 5 heteroatoms. The zero-order chi connectivity index (χ0) is 11.7. The third-order valence-electron chi connectivity index (χ3n) is 2.22. The van der Waals surface area contributed by atoms with Crippen molar-refractivity contribution in [2.75, 3.05) is 0 Å². The highest BCUT2D eigenvalue weighted by Gasteiger charge is 2.14. The summed E-state index contributed by atoms with van der Waals surface area (Å²) in [6.07, 6.45) is 0.961. The van der Waals surface area contributed by atoms with Crippen LogP contribution >= 0.6 is 23.2 Å². The van der Waals surface area contributed by atoms with Crippen molar-refractivity contribution in [3.63, 3.8) is 0 Å². The lowest BCUT2D eigenvalue weighted by Gasteiger charge is -2.09. The lowest BCUT2D eigenvalue weighted by atomic mass is 10.1. The van der Waals surface area contributed by atoms with Gasteiger partial charge in [0.05, 0.1) is 5.69 Å². The molecule has 1 heterocycles. The average molecular weight is 257 g/mol. The maximum atomic E-state index is 10.1. The summed E-state index contributed by atoms with van der Waals surface area (Å²) < 4.78 is 1.63. The van der Waals surface area contributed by atoms with Gasteiger partial charge in [0, 0.05) is 23.3 Å². The zero-order valence-electron chi connectivity index (χ0n) is 8.56. The minimum atomic E-state index is -0.808. The van der Waals surface area contributed by atoms with E-state index < -0.39 is 6.10 Å². The fraction of sp³-hybridized carbons (Fsp3) is 0.182. The van der Waals surface area contributed by atoms with Gasteiger partial charge in [-0.3, -0.25) is 4.68 Å². The number of hydrogen-bond acceptors (Lipinski definition) is 2. The Morgan fingerprint density at radius 1 is 1.25 bits per heavy atom. The first-order chi connectivity index (χ1) is 7.56. The monoisotopic (exact) mass is 256 g/mol. The smallest absolute Gasteiger partial charge is 0.123 e. The van der Waals surface area contributed by atoms with Gasteiger partial charge in [0.15, 0.2) is 0 Å². The fourth-order valence-electron chi connectivity index (χ4n) is 1.48. The van der Waals surface area contributed by atoms with E-state index in [2.05, 4.69) is 5.10 Å². The molecule has 84 valence electrons. The van der Waals surface area contributed by atoms with E-state index in [1.54, 1.807) is 42.2 Å². The van der Waals surface area contributed by atoms with Crippen LogP contribution in [0.15, 0.2) is 30.5 Å². The molecule has 3 nitrogen and oxygen atoms in total. The first kappa shape index (κ1) is 11.5. The standard InChI is InChI=1S/C11H10Cl2N2O/c1-15-3-2-10(14-15)11(16)7-4-8(12)6-9(13)5-7/h2-6,11,16H,1H3. The van der Waals surface area contributed by atoms with Crippen LogP contribution < -0.4 is 0 Å². The van der Waals surface area contributed by atoms with E-state index in [-0.39, 0.29) is 0 Å². The van der Waals surface area contributed by atoms with Crippen LogP contribution in [0.2, 0.25) is 10.0 Å². The number of aryl methyl sites for hydroxylation is 1. The Kier molecular flexibility index (Phi) is 3.19. The number of aliphatic hydroxyl groups is 1. The summed E-state index contributed by atoms with van der Waals surface area (Å²) in [5, 5.41) is 15.2. The summed E-state index contributed by atoms with van der Waals surface area (Å²) in [4.78, 5) is 0. The van der Waals surface area contributed by atoms with Gasteiger partial charge in [-0.25, -0.2) is 0 Å². The van der Waals surface area contributed by atoms with E-state index in [0.717, 1.165) is 0 Å². The largest absolute Gasteiger partial charge is 0.382 e. The van der Waals surface area contributed by atoms with Crippen LogP contribution in [-0.2, 0) is 7.05 Å². The summed E-state index contributed by atoms with van der Waals surface area (Å²) in [5.74, 6) is 0. The fourth-order valence-corrected chi connectivity index (χ4v) is 2.03. The molecule has 0 saturated heterocycles. The number of halogens is 2. The Balaban J connectivity index is 2.37. The number of rotatable bonds is 2. The second-order valence-corrected chi connectivity index (χ2v) is 4.39. The predicted molar refractivity (Wildman–Crippen MR) is 63.7 cm³/mol. The molecule has 1 N–H and O–H groups in total. The zero-order valence-corrected chi connectivity index (χ0v) is 10.1. The first-order valence-corrected chi connectivity index (χ1v) is 5.45. The quantitative estimate of drug-likeness (QED) is 0.898. The third-order valence-corrected chi connectivity index (χ3v) is 2.65. The van der Waals surface area contributed by atoms with Gasteiger partial charge in [0.2, 0.25) is 0 Å². The summed E-state index contributed by atoms with van der Waals surface area (Å²) in [6.45, 7) is 0. The molecule has 0 fully saturated rings. The summed E-state index contributed by atoms with van der Waals surface area (Å²) in [7, 11) is 1.79. The van der Waals surface area contributed by atoms with Crippen molar-refractivity contribution >= 4 is 23.2 Å². The molecule has 0 saturated carbocycles. The Hall–Kier alpha value is -1.03. The molecule has 1 aromatic heterocycles. The van der Waals surface area contributed by atoms with Gasteiger partial charge in [-0.15, -0.1) is 0 Å². The Labute approximate surface area is 103 Å². The molecule has 0 aliphatic heterocycles. The second kappa shape index (κ2) is 4.45. The Morgan fingerprint density at radius 2 is 1.88 bits per heavy atom. The van der Waals surface area contributed by atoms with E-state index in [0.29, 0.717) is 21.3 Å². The van der Waals surface area contributed by atoms with Crippen LogP contribution in [0, 0.1) is 0 Å². The van der Waals surface area contributed by atoms with Gasteiger partial charge in [0.25, 0.3) is 0 Å². The van der Waals surface area contributed by atoms with Crippen molar-refractivity contribution < 1.29 is 5.11 Å². The summed E-state index contributed by atoms with van der Waals surface area (Å²) >= 11 is 11.7. The molecule has 1 atom stereocenters. The van der Waals surface area contributed by atoms with Gasteiger partial charge < -0.3 is 5.11 Å². The van der Waals surface area contributed by atoms with Gasteiger partial charge >= 0.3 is 0 Å². The minimum Gasteiger partial charge on any atom is -0.382 e. The van der Waals surface area contributed by atoms with Gasteiger partial charge in [-0.05, 0) is 29.8 Å². The summed E-state index contributed by atoms with van der Waals surface area (Å²) in [5.41, 5.74) is 1.21. The molecule has 0 aliphatic rings. The second-order valence-electron chi connectivity index (χ2n) is 3.52. The van der Waals surface area contributed by atoms with Crippen molar-refractivity contribution in [2.45, 2.75) is 6.10 Å². The normalized spacial score (nSPS) is 12.8. The highest BCUT2D eigenvalue weighted by molar-refractivity contribution is 6.34. The lowest BCUT2D eigenvalue weighted by molar-refractivity contribution is 0.214. The maximum absolute atomic E-state index is 10.1. The van der Waals surface area contributed by atoms with Crippen molar-refractivity contribution in [3.8, 4) is 0 Å². The van der Waals surface area contributed by atoms with E-state index in [1.807, 2.05) is 0 Å². The topological polar surface area (TPSA) is 38.0 Å². The Morgan fingerprint density at radius 3 is 2.38 bits per heavy atom. The molecule has 16 heavy (non-hydrogen) atoms. The van der Waals surface area contributed by atoms with Crippen molar-refractivity contribution in [3.05, 3.63) is 51.8 Å². The van der Waals surface area contributed by atoms with Gasteiger partial charge in [0.1, 0.15) is 6.10 Å². The molecule has 1 aromatic carbocycles. The molecular formula is C11H10Cl2N2O. The molecule has 2 aromatic rings. The minimum absolute atomic E-state index is 0.498. The van der Waals surface area contributed by atoms with Crippen LogP contribution in [-0.4, -0.2) is 14.9 Å². The third kappa shape index (κ3) is 2.38. The van der Waals surface area contributed by atoms with Crippen LogP contribution in [0.1, 0.15) is 17.4 Å². The van der Waals surface area contributed by atoms with Crippen LogP contribution in [0.3, 0.4) is 0 Å². The molecule has 0 aliphatic carbocycles. The number of aliphatic hydroxyl groups excluding tert-OH is 1. The molecular weight excluding hydrogens is 247 g/mol. The maximum Gasteiger partial charge on any atom is 0.123 e. The molecule has 0 bridgehead atoms. The number of nitrogens with zero attached hydrogens (tertiary/aromatic N) is 2. The van der Waals surface area contributed by atoms with Crippen LogP contribution in [0.5, 0.6) is 0 Å². The van der Waals surface area contributed by atoms with Crippen LogP contribution in [0.4, 0.5) is 0 Å². The molecule has 1 unspecified atom stereocenters. The number of benzene rings is 1. The number of hydrogen-bond donors (Lipinski definition) is 1. The molecule has 2 rings (SSSR count). The van der Waals surface area contributed by atoms with Crippen molar-refractivity contribution in [2.24, 2.45) is 7.05 Å². The first-order valence-electron chi connectivity index (χ1n) is 4.70. The molecule has 0 amide bonds. The lowest BCUT2D eigenvalue weighted by Crippen LogP contribution is -2.01. The Bertz CT molecular complexity index is 490. The predicted octanol–water partition coefficient (Wildman–Crippen LogP) is 2.81. The highest BCUT2D eigenvalue weighted by Crippen LogP contribution is 2.26. The molecule has 0 radical (unpaired) electrons. The SMILES string of the molecule is Cn1ccc(C(O)c2cc(Cl)cc(Cl)c2)n1.